The minimum atomic E-state index is -1.59. The molecule has 2 unspecified atom stereocenters. The van der Waals surface area contributed by atoms with E-state index >= 15 is 0 Å². The number of amides is 1. The number of para-hydroxylation sites is 2. The Bertz CT molecular complexity index is 1500. The van der Waals surface area contributed by atoms with Crippen molar-refractivity contribution in [2.24, 2.45) is 5.73 Å². The normalized spacial score (nSPS) is 25.2. The van der Waals surface area contributed by atoms with Crippen LogP contribution in [0.4, 0.5) is 17.1 Å². The lowest BCUT2D eigenvalue weighted by molar-refractivity contribution is -0.122. The van der Waals surface area contributed by atoms with Crippen LogP contribution < -0.4 is 20.9 Å². The van der Waals surface area contributed by atoms with Crippen LogP contribution in [0.1, 0.15) is 56.7 Å². The van der Waals surface area contributed by atoms with Crippen molar-refractivity contribution >= 4 is 23.0 Å². The fourth-order valence-electron chi connectivity index (χ4n) is 6.62. The number of aryl methyl sites for hydroxylation is 1. The van der Waals surface area contributed by atoms with Crippen LogP contribution in [0.25, 0.3) is 0 Å². The molecule has 0 aromatic heterocycles. The van der Waals surface area contributed by atoms with Gasteiger partial charge in [-0.2, -0.15) is 10.5 Å². The Kier molecular flexibility index (Phi) is 4.06. The van der Waals surface area contributed by atoms with Gasteiger partial charge in [0.25, 0.3) is 0 Å². The monoisotopic (exact) mass is 462 g/mol. The number of nitriles is 2. The van der Waals surface area contributed by atoms with Gasteiger partial charge in [-0.05, 0) is 55.9 Å². The fourth-order valence-corrected chi connectivity index (χ4v) is 6.62. The second kappa shape index (κ2) is 6.67. The highest BCUT2D eigenvalue weighted by Crippen LogP contribution is 2.61. The molecule has 0 saturated heterocycles. The molecular weight excluding hydrogens is 436 g/mol. The Morgan fingerprint density at radius 1 is 1.17 bits per heavy atom. The van der Waals surface area contributed by atoms with Gasteiger partial charge in [-0.25, -0.2) is 0 Å². The van der Waals surface area contributed by atoms with Crippen LogP contribution in [0.5, 0.6) is 0 Å². The number of rotatable bonds is 1. The standard InChI is InChI=1S/C28H26N6O/c1-5-16-10-17-15(2)12-27(3,4)34-23(17)18(11-16)28(26(34)35)19(13-29)24(31)33-22-9-7-6-8-21(22)32-25(33)20(28)14-30/h6-11,15,32H,5,12,31H2,1-4H3. The summed E-state index contributed by atoms with van der Waals surface area (Å²) in [4.78, 5) is 18.2. The molecule has 4 aliphatic heterocycles. The van der Waals surface area contributed by atoms with Crippen molar-refractivity contribution in [1.82, 2.24) is 0 Å². The van der Waals surface area contributed by atoms with Gasteiger partial charge >= 0.3 is 0 Å². The largest absolute Gasteiger partial charge is 0.384 e. The quantitative estimate of drug-likeness (QED) is 0.646. The molecule has 1 spiro atoms. The zero-order valence-electron chi connectivity index (χ0n) is 20.2. The van der Waals surface area contributed by atoms with E-state index in [-0.39, 0.29) is 28.8 Å². The lowest BCUT2D eigenvalue weighted by Gasteiger charge is -2.44. The van der Waals surface area contributed by atoms with Crippen LogP contribution >= 0.6 is 0 Å². The zero-order chi connectivity index (χ0) is 24.9. The first kappa shape index (κ1) is 21.3. The van der Waals surface area contributed by atoms with Crippen molar-refractivity contribution < 1.29 is 4.79 Å². The summed E-state index contributed by atoms with van der Waals surface area (Å²) in [5.41, 5.74) is 10.2. The van der Waals surface area contributed by atoms with Crippen molar-refractivity contribution in [2.45, 2.75) is 57.4 Å². The first-order valence-corrected chi connectivity index (χ1v) is 12.0. The first-order valence-electron chi connectivity index (χ1n) is 12.0. The highest BCUT2D eigenvalue weighted by molar-refractivity contribution is 6.17. The molecule has 0 bridgehead atoms. The van der Waals surface area contributed by atoms with Crippen LogP contribution in [0.15, 0.2) is 59.2 Å². The van der Waals surface area contributed by atoms with E-state index in [0.29, 0.717) is 11.4 Å². The number of benzene rings is 2. The van der Waals surface area contributed by atoms with Gasteiger partial charge in [-0.3, -0.25) is 9.69 Å². The third-order valence-corrected chi connectivity index (χ3v) is 8.03. The topological polar surface area (TPSA) is 109 Å². The Hall–Kier alpha value is -4.23. The molecule has 174 valence electrons. The van der Waals surface area contributed by atoms with Crippen LogP contribution in [0.2, 0.25) is 0 Å². The zero-order valence-corrected chi connectivity index (χ0v) is 20.2. The van der Waals surface area contributed by atoms with E-state index in [9.17, 15) is 15.3 Å². The molecule has 1 amide bonds. The summed E-state index contributed by atoms with van der Waals surface area (Å²) in [6, 6.07) is 16.4. The molecule has 0 radical (unpaired) electrons. The van der Waals surface area contributed by atoms with Crippen LogP contribution in [-0.4, -0.2) is 11.4 Å². The van der Waals surface area contributed by atoms with Crippen molar-refractivity contribution in [3.05, 3.63) is 75.9 Å². The number of hydrogen-bond acceptors (Lipinski definition) is 6. The summed E-state index contributed by atoms with van der Waals surface area (Å²) in [6.45, 7) is 8.36. The van der Waals surface area contributed by atoms with Crippen LogP contribution in [0, 0.1) is 22.7 Å². The molecule has 2 atom stereocenters. The Balaban J connectivity index is 1.77. The molecule has 0 fully saturated rings. The van der Waals surface area contributed by atoms with Crippen molar-refractivity contribution in [3.8, 4) is 12.1 Å². The SMILES string of the molecule is CCc1cc2c3c(c1)C1(C(=O)N3C(C)(C)CC2C)C(C#N)=C(N)N2C(=C1C#N)Nc1ccccc12. The molecule has 4 heterocycles. The van der Waals surface area contributed by atoms with E-state index in [2.05, 4.69) is 51.2 Å². The van der Waals surface area contributed by atoms with Crippen molar-refractivity contribution in [2.75, 3.05) is 15.1 Å². The maximum atomic E-state index is 14.7. The second-order valence-electron chi connectivity index (χ2n) is 10.4. The Morgan fingerprint density at radius 3 is 2.57 bits per heavy atom. The minimum Gasteiger partial charge on any atom is -0.384 e. The van der Waals surface area contributed by atoms with Crippen LogP contribution in [-0.2, 0) is 16.6 Å². The lowest BCUT2D eigenvalue weighted by atomic mass is 9.67. The van der Waals surface area contributed by atoms with E-state index < -0.39 is 11.0 Å². The van der Waals surface area contributed by atoms with E-state index in [1.165, 1.54) is 0 Å². The Morgan fingerprint density at radius 2 is 1.89 bits per heavy atom. The molecule has 6 rings (SSSR count). The van der Waals surface area contributed by atoms with E-state index in [0.717, 1.165) is 41.0 Å². The molecule has 2 aromatic rings. The molecule has 35 heavy (non-hydrogen) atoms. The molecular formula is C28H26N6O. The van der Waals surface area contributed by atoms with Gasteiger partial charge < -0.3 is 16.0 Å². The molecule has 4 aliphatic rings. The number of fused-ring (bicyclic) bond motifs is 4. The first-order chi connectivity index (χ1) is 16.7. The third kappa shape index (κ3) is 2.31. The summed E-state index contributed by atoms with van der Waals surface area (Å²) < 4.78 is 0. The van der Waals surface area contributed by atoms with Gasteiger partial charge in [0.05, 0.1) is 28.2 Å². The predicted octanol–water partition coefficient (Wildman–Crippen LogP) is 4.49. The summed E-state index contributed by atoms with van der Waals surface area (Å²) in [5, 5.41) is 24.5. The van der Waals surface area contributed by atoms with E-state index in [1.54, 1.807) is 4.90 Å². The summed E-state index contributed by atoms with van der Waals surface area (Å²) >= 11 is 0. The molecule has 2 aromatic carbocycles. The number of nitrogens with two attached hydrogens (primary N) is 1. The maximum absolute atomic E-state index is 14.7. The van der Waals surface area contributed by atoms with Gasteiger partial charge in [0.1, 0.15) is 23.8 Å². The third-order valence-electron chi connectivity index (χ3n) is 8.03. The Labute approximate surface area is 204 Å². The highest BCUT2D eigenvalue weighted by Gasteiger charge is 2.65. The fraction of sp³-hybridized carbons (Fsp3) is 0.321. The number of hydrogen-bond donors (Lipinski definition) is 2. The van der Waals surface area contributed by atoms with Crippen molar-refractivity contribution in [1.29, 1.82) is 10.5 Å². The molecule has 3 N–H and O–H groups in total. The minimum absolute atomic E-state index is 0.106. The molecule has 7 heteroatoms. The number of nitrogens with zero attached hydrogens (tertiary/aromatic N) is 4. The van der Waals surface area contributed by atoms with Crippen LogP contribution in [0.3, 0.4) is 0 Å². The summed E-state index contributed by atoms with van der Waals surface area (Å²) in [7, 11) is 0. The van der Waals surface area contributed by atoms with Crippen molar-refractivity contribution in [3.63, 3.8) is 0 Å². The highest BCUT2D eigenvalue weighted by atomic mass is 16.2. The smallest absolute Gasteiger partial charge is 0.249 e. The van der Waals surface area contributed by atoms with E-state index in [4.69, 9.17) is 5.73 Å². The molecule has 0 saturated carbocycles. The summed E-state index contributed by atoms with van der Waals surface area (Å²) in [5.74, 6) is 0.567. The summed E-state index contributed by atoms with van der Waals surface area (Å²) in [6.07, 6.45) is 1.56. The molecule has 0 aliphatic carbocycles. The number of carbonyl (C=O) groups excluding carboxylic acids is 1. The van der Waals surface area contributed by atoms with E-state index in [1.807, 2.05) is 35.2 Å². The van der Waals surface area contributed by atoms with Gasteiger partial charge in [0.2, 0.25) is 5.91 Å². The second-order valence-corrected chi connectivity index (χ2v) is 10.4. The van der Waals surface area contributed by atoms with Gasteiger partial charge in [-0.15, -0.1) is 0 Å². The maximum Gasteiger partial charge on any atom is 0.249 e. The molecule has 7 nitrogen and oxygen atoms in total. The van der Waals surface area contributed by atoms with Gasteiger partial charge in [0, 0.05) is 11.1 Å². The van der Waals surface area contributed by atoms with Gasteiger partial charge in [0.15, 0.2) is 5.41 Å². The predicted molar refractivity (Wildman–Crippen MR) is 134 cm³/mol. The lowest BCUT2D eigenvalue weighted by Crippen LogP contribution is -2.55. The number of anilines is 3. The number of carbonyl (C=O) groups is 1. The average molecular weight is 463 g/mol. The number of nitrogens with one attached hydrogen (secondary N) is 1. The van der Waals surface area contributed by atoms with Gasteiger partial charge in [-0.1, -0.05) is 38.1 Å². The average Bonchev–Trinajstić information content (AvgIpc) is 3.33.